The number of aromatic nitrogens is 3. The van der Waals surface area contributed by atoms with Crippen LogP contribution in [0.5, 0.6) is 0 Å². The molecule has 1 unspecified atom stereocenters. The molecular formula is C42H63N7O9. The van der Waals surface area contributed by atoms with Crippen molar-refractivity contribution in [2.24, 2.45) is 28.8 Å². The van der Waals surface area contributed by atoms with E-state index in [0.29, 0.717) is 38.8 Å². The smallest absolute Gasteiger partial charge is 0.431 e. The van der Waals surface area contributed by atoms with Gasteiger partial charge >= 0.3 is 12.1 Å². The summed E-state index contributed by atoms with van der Waals surface area (Å²) in [5.41, 5.74) is 0.114. The molecule has 16 nitrogen and oxygen atoms in total. The molecule has 0 aliphatic carbocycles. The number of esters is 1. The van der Waals surface area contributed by atoms with Gasteiger partial charge in [0, 0.05) is 61.4 Å². The summed E-state index contributed by atoms with van der Waals surface area (Å²) in [5, 5.41) is 20.0. The molecule has 4 aliphatic heterocycles. The fourth-order valence-electron chi connectivity index (χ4n) is 9.66. The van der Waals surface area contributed by atoms with Crippen molar-refractivity contribution in [3.63, 3.8) is 0 Å². The molecule has 1 amide bonds. The Hall–Kier alpha value is -3.96. The Bertz CT molecular complexity index is 1810. The van der Waals surface area contributed by atoms with Crippen LogP contribution < -0.4 is 0 Å². The minimum atomic E-state index is -1.27. The monoisotopic (exact) mass is 809 g/mol. The Balaban J connectivity index is 1.37. The number of cyclic esters (lactones) is 1. The number of hydrazone groups is 1. The molecule has 16 heteroatoms. The van der Waals surface area contributed by atoms with Gasteiger partial charge in [-0.15, -0.1) is 0 Å². The minimum Gasteiger partial charge on any atom is -0.457 e. The highest BCUT2D eigenvalue weighted by molar-refractivity contribution is 6.00. The lowest BCUT2D eigenvalue weighted by molar-refractivity contribution is -0.295. The Morgan fingerprint density at radius 2 is 1.81 bits per heavy atom. The topological polar surface area (TPSA) is 170 Å². The van der Waals surface area contributed by atoms with E-state index in [1.165, 1.54) is 6.92 Å². The fraction of sp³-hybridized carbons (Fsp3) is 0.714. The van der Waals surface area contributed by atoms with Crippen molar-refractivity contribution in [1.29, 1.82) is 0 Å². The number of aliphatic hydroxyl groups excluding tert-OH is 1. The van der Waals surface area contributed by atoms with E-state index < -0.39 is 71.5 Å². The molecule has 6 rings (SSSR count). The third-order valence-electron chi connectivity index (χ3n) is 12.9. The Kier molecular flexibility index (Phi) is 13.0. The van der Waals surface area contributed by atoms with Gasteiger partial charge in [-0.1, -0.05) is 27.7 Å². The summed E-state index contributed by atoms with van der Waals surface area (Å²) in [6.45, 7) is 15.8. The molecule has 2 aromatic rings. The molecule has 1 N–H and O–H groups in total. The van der Waals surface area contributed by atoms with Crippen molar-refractivity contribution in [1.82, 2.24) is 29.6 Å². The standard InChI is InChI=1S/C42H63N7O9/c1-12-32-42(8)36-26(4)33(45-48(49(36)40(53)58-42)18-14-17-47-22-30(44-23-47)29-15-13-16-43-21-29)24(2)20-41(7,54-11)37(27(5)34(50)28(6)38(52)56-32)57-39-35(51)31(46(9)10)19-25(3)55-39/h13,15-16,21-28,31-32,35-37,39,51H,12,14,17-20H2,1-11H3/t24-,25+,26-,27-,28+,31-,32-,35+,36-,37+,39-,41?,42-/m1/s1. The maximum atomic E-state index is 14.4. The van der Waals surface area contributed by atoms with Gasteiger partial charge in [0.05, 0.1) is 36.4 Å². The summed E-state index contributed by atoms with van der Waals surface area (Å²) in [5.74, 6) is -3.80. The third kappa shape index (κ3) is 8.27. The number of methoxy groups -OCH3 is 1. The molecule has 0 spiro atoms. The van der Waals surface area contributed by atoms with Gasteiger partial charge in [0.1, 0.15) is 24.2 Å². The van der Waals surface area contributed by atoms with E-state index in [4.69, 9.17) is 28.8 Å². The van der Waals surface area contributed by atoms with Gasteiger partial charge in [-0.3, -0.25) is 14.6 Å². The summed E-state index contributed by atoms with van der Waals surface area (Å²) in [6, 6.07) is 2.99. The van der Waals surface area contributed by atoms with Gasteiger partial charge in [0.15, 0.2) is 17.7 Å². The number of Topliss-reactive ketones (excluding diaryl/α,β-unsaturated/α-hetero) is 1. The van der Waals surface area contributed by atoms with E-state index in [1.54, 1.807) is 42.9 Å². The van der Waals surface area contributed by atoms with Crippen LogP contribution in [0, 0.1) is 23.7 Å². The predicted molar refractivity (Wildman–Crippen MR) is 214 cm³/mol. The largest absolute Gasteiger partial charge is 0.457 e. The summed E-state index contributed by atoms with van der Waals surface area (Å²) in [7, 11) is 5.37. The number of nitrogens with zero attached hydrogens (tertiary/aromatic N) is 7. The number of aryl methyl sites for hydroxylation is 1. The van der Waals surface area contributed by atoms with Crippen molar-refractivity contribution < 1.29 is 43.2 Å². The molecule has 0 saturated carbocycles. The molecule has 0 aromatic carbocycles. The molecule has 58 heavy (non-hydrogen) atoms. The van der Waals surface area contributed by atoms with E-state index in [9.17, 15) is 19.5 Å². The quantitative estimate of drug-likeness (QED) is 0.262. The number of amides is 1. The van der Waals surface area contributed by atoms with Crippen LogP contribution in [0.2, 0.25) is 0 Å². The van der Waals surface area contributed by atoms with E-state index in [0.717, 1.165) is 17.0 Å². The third-order valence-corrected chi connectivity index (χ3v) is 12.9. The number of pyridine rings is 1. The first-order chi connectivity index (χ1) is 27.4. The highest BCUT2D eigenvalue weighted by Gasteiger charge is 2.63. The predicted octanol–water partition coefficient (Wildman–Crippen LogP) is 4.56. The van der Waals surface area contributed by atoms with Crippen molar-refractivity contribution in [3.05, 3.63) is 37.1 Å². The molecule has 3 fully saturated rings. The summed E-state index contributed by atoms with van der Waals surface area (Å²) in [4.78, 5) is 53.0. The van der Waals surface area contributed by atoms with Crippen LogP contribution in [-0.4, -0.2) is 140 Å². The van der Waals surface area contributed by atoms with Crippen molar-refractivity contribution in [2.75, 3.05) is 27.7 Å². The van der Waals surface area contributed by atoms with E-state index in [1.807, 2.05) is 76.5 Å². The van der Waals surface area contributed by atoms with Crippen LogP contribution in [0.15, 0.2) is 42.2 Å². The molecule has 13 atom stereocenters. The van der Waals surface area contributed by atoms with Crippen molar-refractivity contribution in [3.8, 4) is 11.3 Å². The van der Waals surface area contributed by atoms with Gasteiger partial charge in [-0.25, -0.2) is 9.78 Å². The first kappa shape index (κ1) is 43.6. The lowest BCUT2D eigenvalue weighted by Gasteiger charge is -2.49. The first-order valence-corrected chi connectivity index (χ1v) is 20.7. The minimum absolute atomic E-state index is 0.230. The SMILES string of the molecule is CC[C@H]1OC(=O)[C@@H](C)C(=O)[C@@H](C)[C@H](O[C@H]2O[C@@H](C)C[C@@H](N(C)C)[C@@H]2O)C(C)(OC)C[C@@H](C)C2=NN(CCCn3cnc(-c4cccnc4)c3)N3C(=O)O[C@@]1(C)[C@H]3[C@@H]2C. The lowest BCUT2D eigenvalue weighted by Crippen LogP contribution is -2.63. The number of likely N-dealkylation sites (N-methyl/N-ethyl adjacent to an activating group) is 1. The maximum absolute atomic E-state index is 14.4. The second-order valence-electron chi connectivity index (χ2n) is 17.3. The van der Waals surface area contributed by atoms with E-state index in [2.05, 4.69) is 16.9 Å². The zero-order valence-electron chi connectivity index (χ0n) is 35.9. The zero-order chi connectivity index (χ0) is 42.3. The summed E-state index contributed by atoms with van der Waals surface area (Å²) in [6.07, 6.45) is 4.41. The molecule has 6 heterocycles. The first-order valence-electron chi connectivity index (χ1n) is 20.7. The number of rotatable bonds is 10. The Morgan fingerprint density at radius 3 is 2.47 bits per heavy atom. The number of imidazole rings is 1. The van der Waals surface area contributed by atoms with Gasteiger partial charge in [0.2, 0.25) is 0 Å². The molecule has 2 aromatic heterocycles. The Labute approximate surface area is 342 Å². The lowest BCUT2D eigenvalue weighted by atomic mass is 9.73. The van der Waals surface area contributed by atoms with Crippen molar-refractivity contribution >= 4 is 23.6 Å². The van der Waals surface area contributed by atoms with Crippen LogP contribution in [0.25, 0.3) is 11.3 Å². The number of fused-ring (bicyclic) bond motifs is 1. The highest BCUT2D eigenvalue weighted by Crippen LogP contribution is 2.45. The maximum Gasteiger partial charge on any atom is 0.431 e. The van der Waals surface area contributed by atoms with E-state index >= 15 is 0 Å². The van der Waals surface area contributed by atoms with Crippen LogP contribution in [0.1, 0.15) is 81.1 Å². The molecule has 0 radical (unpaired) electrons. The number of hydrazine groups is 1. The number of ether oxygens (including phenoxy) is 5. The van der Waals surface area contributed by atoms with Gasteiger partial charge < -0.3 is 38.3 Å². The summed E-state index contributed by atoms with van der Waals surface area (Å²) < 4.78 is 33.7. The molecule has 2 bridgehead atoms. The number of hydrogen-bond acceptors (Lipinski definition) is 14. The number of hydrogen-bond donors (Lipinski definition) is 1. The van der Waals surface area contributed by atoms with E-state index in [-0.39, 0.29) is 24.0 Å². The fourth-order valence-corrected chi connectivity index (χ4v) is 9.66. The van der Waals surface area contributed by atoms with Crippen LogP contribution in [0.3, 0.4) is 0 Å². The highest BCUT2D eigenvalue weighted by atomic mass is 16.7. The molecule has 4 aliphatic rings. The number of aliphatic hydroxyl groups is 1. The average Bonchev–Trinajstić information content (AvgIpc) is 3.78. The summed E-state index contributed by atoms with van der Waals surface area (Å²) >= 11 is 0. The van der Waals surface area contributed by atoms with Crippen molar-refractivity contribution in [2.45, 2.75) is 142 Å². The second-order valence-corrected chi connectivity index (χ2v) is 17.3. The van der Waals surface area contributed by atoms with Crippen LogP contribution in [-0.2, 0) is 39.8 Å². The second kappa shape index (κ2) is 17.3. The van der Waals surface area contributed by atoms with Crippen LogP contribution in [0.4, 0.5) is 4.79 Å². The van der Waals surface area contributed by atoms with Crippen LogP contribution >= 0.6 is 0 Å². The normalized spacial score (nSPS) is 37.4. The molecular weight excluding hydrogens is 747 g/mol. The van der Waals surface area contributed by atoms with Gasteiger partial charge in [-0.2, -0.15) is 15.2 Å². The molecule has 3 saturated heterocycles. The number of carbonyl (C=O) groups is 3. The zero-order valence-corrected chi connectivity index (χ0v) is 35.9. The average molecular weight is 810 g/mol. The number of ketones is 1. The van der Waals surface area contributed by atoms with Gasteiger partial charge in [0.25, 0.3) is 0 Å². The van der Waals surface area contributed by atoms with Gasteiger partial charge in [-0.05, 0) is 85.5 Å². The molecule has 320 valence electrons. The Morgan fingerprint density at radius 1 is 1.07 bits per heavy atom. The number of carbonyl (C=O) groups excluding carboxylic acids is 3.